The minimum Gasteiger partial charge on any atom is -0.486 e. The molecule has 0 atom stereocenters. The molecule has 28 heavy (non-hydrogen) atoms. The molecule has 0 saturated carbocycles. The lowest BCUT2D eigenvalue weighted by atomic mass is 9.99. The van der Waals surface area contributed by atoms with Gasteiger partial charge in [-0.25, -0.2) is 4.79 Å². The van der Waals surface area contributed by atoms with Crippen LogP contribution in [-0.4, -0.2) is 61.4 Å². The summed E-state index contributed by atoms with van der Waals surface area (Å²) in [5.74, 6) is -0.638. The van der Waals surface area contributed by atoms with Crippen molar-refractivity contribution < 1.29 is 28.9 Å². The summed E-state index contributed by atoms with van der Waals surface area (Å²) in [4.78, 5) is 26.0. The fourth-order valence-corrected chi connectivity index (χ4v) is 3.55. The predicted molar refractivity (Wildman–Crippen MR) is 102 cm³/mol. The van der Waals surface area contributed by atoms with E-state index in [-0.39, 0.29) is 17.2 Å². The van der Waals surface area contributed by atoms with Crippen molar-refractivity contribution in [2.75, 3.05) is 39.5 Å². The topological polar surface area (TPSA) is 85.3 Å². The van der Waals surface area contributed by atoms with Crippen LogP contribution in [0.5, 0.6) is 11.5 Å². The number of carbonyl (C=O) groups is 2. The van der Waals surface area contributed by atoms with Gasteiger partial charge in [-0.15, -0.1) is 0 Å². The Labute approximate surface area is 166 Å². The third kappa shape index (κ3) is 3.50. The molecule has 1 fully saturated rings. The summed E-state index contributed by atoms with van der Waals surface area (Å²) in [5.41, 5.74) is 1.73. The highest BCUT2D eigenvalue weighted by Crippen LogP contribution is 2.39. The van der Waals surface area contributed by atoms with E-state index in [2.05, 4.69) is 0 Å². The Balaban J connectivity index is 1.68. The molecule has 1 amide bonds. The molecule has 8 heteroatoms. The van der Waals surface area contributed by atoms with E-state index in [4.69, 9.17) is 25.8 Å². The number of rotatable bonds is 3. The molecule has 2 aliphatic rings. The highest BCUT2D eigenvalue weighted by atomic mass is 35.5. The molecule has 146 valence electrons. The summed E-state index contributed by atoms with van der Waals surface area (Å²) >= 11 is 6.39. The number of ether oxygens (including phenoxy) is 3. The van der Waals surface area contributed by atoms with Crippen LogP contribution in [0.4, 0.5) is 0 Å². The fraction of sp³-hybridized carbons (Fsp3) is 0.300. The van der Waals surface area contributed by atoms with E-state index in [1.54, 1.807) is 29.2 Å². The third-order valence-corrected chi connectivity index (χ3v) is 5.02. The summed E-state index contributed by atoms with van der Waals surface area (Å²) < 4.78 is 16.3. The van der Waals surface area contributed by atoms with Crippen LogP contribution in [0, 0.1) is 0 Å². The summed E-state index contributed by atoms with van der Waals surface area (Å²) in [7, 11) is 0. The maximum atomic E-state index is 12.7. The molecular formula is C20H18ClNO6. The van der Waals surface area contributed by atoms with Gasteiger partial charge in [0.15, 0.2) is 11.5 Å². The van der Waals surface area contributed by atoms with Crippen LogP contribution < -0.4 is 9.47 Å². The van der Waals surface area contributed by atoms with E-state index in [0.717, 1.165) is 0 Å². The first-order valence-electron chi connectivity index (χ1n) is 8.88. The Morgan fingerprint density at radius 1 is 0.929 bits per heavy atom. The van der Waals surface area contributed by atoms with Gasteiger partial charge in [-0.05, 0) is 35.4 Å². The number of fused-ring (bicyclic) bond motifs is 1. The van der Waals surface area contributed by atoms with Gasteiger partial charge in [0.25, 0.3) is 5.91 Å². The zero-order valence-corrected chi connectivity index (χ0v) is 15.7. The smallest absolute Gasteiger partial charge is 0.339 e. The van der Waals surface area contributed by atoms with Crippen LogP contribution in [0.25, 0.3) is 11.1 Å². The molecule has 0 aliphatic carbocycles. The van der Waals surface area contributed by atoms with E-state index >= 15 is 0 Å². The van der Waals surface area contributed by atoms with Gasteiger partial charge < -0.3 is 24.2 Å². The van der Waals surface area contributed by atoms with Gasteiger partial charge >= 0.3 is 5.97 Å². The van der Waals surface area contributed by atoms with Crippen molar-refractivity contribution in [3.05, 3.63) is 46.5 Å². The SMILES string of the molecule is O=C(O)c1cc(-c2ccc(C(=O)N3CCOCC3)c(Cl)c2)cc2c1OCCO2. The lowest BCUT2D eigenvalue weighted by molar-refractivity contribution is 0.0303. The largest absolute Gasteiger partial charge is 0.486 e. The molecule has 1 N–H and O–H groups in total. The highest BCUT2D eigenvalue weighted by molar-refractivity contribution is 6.34. The minimum absolute atomic E-state index is 0.0248. The van der Waals surface area contributed by atoms with Gasteiger partial charge in [-0.1, -0.05) is 17.7 Å². The van der Waals surface area contributed by atoms with Crippen LogP contribution in [0.15, 0.2) is 30.3 Å². The van der Waals surface area contributed by atoms with E-state index in [9.17, 15) is 14.7 Å². The van der Waals surface area contributed by atoms with Gasteiger partial charge in [0, 0.05) is 13.1 Å². The van der Waals surface area contributed by atoms with E-state index < -0.39 is 5.97 Å². The average Bonchev–Trinajstić information content (AvgIpc) is 2.73. The second kappa shape index (κ2) is 7.69. The summed E-state index contributed by atoms with van der Waals surface area (Å²) in [6.45, 7) is 2.73. The van der Waals surface area contributed by atoms with Crippen molar-refractivity contribution in [1.82, 2.24) is 4.90 Å². The van der Waals surface area contributed by atoms with Gasteiger partial charge in [0.1, 0.15) is 18.8 Å². The second-order valence-corrected chi connectivity index (χ2v) is 6.86. The molecule has 0 unspecified atom stereocenters. The number of carbonyl (C=O) groups excluding carboxylic acids is 1. The Hall–Kier alpha value is -2.77. The maximum Gasteiger partial charge on any atom is 0.339 e. The molecule has 2 aromatic rings. The van der Waals surface area contributed by atoms with E-state index in [0.29, 0.717) is 67.0 Å². The quantitative estimate of drug-likeness (QED) is 0.848. The number of carboxylic acid groups (broad SMARTS) is 1. The molecule has 0 spiro atoms. The highest BCUT2D eigenvalue weighted by Gasteiger charge is 2.24. The summed E-state index contributed by atoms with van der Waals surface area (Å²) in [6, 6.07) is 8.30. The molecule has 0 bridgehead atoms. The van der Waals surface area contributed by atoms with Crippen molar-refractivity contribution in [2.24, 2.45) is 0 Å². The average molecular weight is 404 g/mol. The first-order valence-corrected chi connectivity index (χ1v) is 9.26. The van der Waals surface area contributed by atoms with Crippen LogP contribution in [-0.2, 0) is 4.74 Å². The van der Waals surface area contributed by atoms with Crippen LogP contribution in [0.3, 0.4) is 0 Å². The zero-order chi connectivity index (χ0) is 19.7. The first-order chi connectivity index (χ1) is 13.5. The van der Waals surface area contributed by atoms with Crippen LogP contribution in [0.1, 0.15) is 20.7 Å². The van der Waals surface area contributed by atoms with E-state index in [1.807, 2.05) is 0 Å². The number of nitrogens with zero attached hydrogens (tertiary/aromatic N) is 1. The second-order valence-electron chi connectivity index (χ2n) is 6.45. The molecule has 4 rings (SSSR count). The Morgan fingerprint density at radius 2 is 1.68 bits per heavy atom. The van der Waals surface area contributed by atoms with Gasteiger partial charge in [0.2, 0.25) is 0 Å². The summed E-state index contributed by atoms with van der Waals surface area (Å²) in [6.07, 6.45) is 0. The Kier molecular flexibility index (Phi) is 5.11. The number of carboxylic acids is 1. The van der Waals surface area contributed by atoms with Crippen molar-refractivity contribution in [2.45, 2.75) is 0 Å². The van der Waals surface area contributed by atoms with Crippen molar-refractivity contribution >= 4 is 23.5 Å². The number of hydrogen-bond donors (Lipinski definition) is 1. The lowest BCUT2D eigenvalue weighted by Crippen LogP contribution is -2.40. The Bertz CT molecular complexity index is 939. The standard InChI is InChI=1S/C20H18ClNO6/c21-16-10-12(1-2-14(16)19(23)22-3-5-26-6-4-22)13-9-15(20(24)25)18-17(11-13)27-7-8-28-18/h1-2,9-11H,3-8H2,(H,24,25). The van der Waals surface area contributed by atoms with Gasteiger partial charge in [-0.3, -0.25) is 4.79 Å². The zero-order valence-electron chi connectivity index (χ0n) is 14.9. The monoisotopic (exact) mass is 403 g/mol. The van der Waals surface area contributed by atoms with Crippen LogP contribution >= 0.6 is 11.6 Å². The normalized spacial score (nSPS) is 16.0. The van der Waals surface area contributed by atoms with E-state index in [1.165, 1.54) is 6.07 Å². The lowest BCUT2D eigenvalue weighted by Gasteiger charge is -2.27. The Morgan fingerprint density at radius 3 is 2.39 bits per heavy atom. The molecule has 1 saturated heterocycles. The molecule has 2 aromatic carbocycles. The van der Waals surface area contributed by atoms with Crippen molar-refractivity contribution in [3.8, 4) is 22.6 Å². The molecule has 7 nitrogen and oxygen atoms in total. The molecule has 2 heterocycles. The number of hydrogen-bond acceptors (Lipinski definition) is 5. The predicted octanol–water partition coefficient (Wildman–Crippen LogP) is 2.95. The van der Waals surface area contributed by atoms with Gasteiger partial charge in [-0.2, -0.15) is 0 Å². The van der Waals surface area contributed by atoms with Crippen molar-refractivity contribution in [3.63, 3.8) is 0 Å². The fourth-order valence-electron chi connectivity index (χ4n) is 3.28. The number of amides is 1. The van der Waals surface area contributed by atoms with Crippen molar-refractivity contribution in [1.29, 1.82) is 0 Å². The number of morpholine rings is 1. The number of benzene rings is 2. The maximum absolute atomic E-state index is 12.7. The minimum atomic E-state index is -1.10. The molecule has 0 aromatic heterocycles. The van der Waals surface area contributed by atoms with Crippen LogP contribution in [0.2, 0.25) is 5.02 Å². The molecular weight excluding hydrogens is 386 g/mol. The third-order valence-electron chi connectivity index (χ3n) is 4.70. The molecule has 2 aliphatic heterocycles. The molecule has 0 radical (unpaired) electrons. The summed E-state index contributed by atoms with van der Waals surface area (Å²) in [5, 5.41) is 9.81. The number of aromatic carboxylic acids is 1. The van der Waals surface area contributed by atoms with Gasteiger partial charge in [0.05, 0.1) is 23.8 Å². The number of halogens is 1. The first kappa shape index (κ1) is 18.6.